The zero-order valence-electron chi connectivity index (χ0n) is 17.1. The summed E-state index contributed by atoms with van der Waals surface area (Å²) in [6.45, 7) is 7.72. The largest absolute Gasteiger partial charge is 0.341 e. The Morgan fingerprint density at radius 2 is 1.50 bits per heavy atom. The molecule has 1 heterocycles. The van der Waals surface area contributed by atoms with E-state index < -0.39 is 20.5 Å². The van der Waals surface area contributed by atoms with E-state index in [2.05, 4.69) is 43.0 Å². The topological polar surface area (TPSA) is 57.7 Å². The minimum absolute atomic E-state index is 0.225. The molecular weight excluding hydrogens is 410 g/mol. The summed E-state index contributed by atoms with van der Waals surface area (Å²) < 4.78 is 48.3. The lowest BCUT2D eigenvalue weighted by Crippen LogP contribution is -2.48. The summed E-state index contributed by atoms with van der Waals surface area (Å²) in [6.07, 6.45) is 0. The Morgan fingerprint density at radius 1 is 0.933 bits per heavy atom. The Hall–Kier alpha value is -2.32. The van der Waals surface area contributed by atoms with Crippen molar-refractivity contribution in [2.45, 2.75) is 37.0 Å². The summed E-state index contributed by atoms with van der Waals surface area (Å²) in [5.41, 5.74) is 2.83. The maximum absolute atomic E-state index is 12.7. The van der Waals surface area contributed by atoms with E-state index in [-0.39, 0.29) is 5.91 Å². The fourth-order valence-corrected chi connectivity index (χ4v) is 4.17. The van der Waals surface area contributed by atoms with Crippen LogP contribution in [0.5, 0.6) is 0 Å². The van der Waals surface area contributed by atoms with Crippen molar-refractivity contribution in [3.8, 4) is 0 Å². The maximum atomic E-state index is 12.7. The van der Waals surface area contributed by atoms with E-state index >= 15 is 0 Å². The van der Waals surface area contributed by atoms with Crippen LogP contribution >= 0.6 is 0 Å². The molecule has 1 aliphatic rings. The van der Waals surface area contributed by atoms with Gasteiger partial charge in [-0.05, 0) is 41.3 Å². The molecule has 2 aromatic rings. The fourth-order valence-electron chi connectivity index (χ4n) is 3.45. The van der Waals surface area contributed by atoms with Gasteiger partial charge < -0.3 is 4.90 Å². The zero-order chi connectivity index (χ0) is 21.9. The number of nitrogens with zero attached hydrogens (tertiary/aromatic N) is 2. The van der Waals surface area contributed by atoms with Gasteiger partial charge in [-0.15, -0.1) is 0 Å². The average Bonchev–Trinajstić information content (AvgIpc) is 2.74. The molecule has 0 atom stereocenters. The quantitative estimate of drug-likeness (QED) is 0.692. The molecule has 8 heteroatoms. The molecule has 0 radical (unpaired) electrons. The standard InChI is InChI=1S/C22H26F2N2O3S/c1-16(2)18-5-3-17(4-6-18)15-25-11-13-26(14-12-25)21(27)19-7-9-20(10-8-19)30(28,29)22(23)24/h3-10,16,22H,11-15H2,1-2H3. The highest BCUT2D eigenvalue weighted by atomic mass is 32.2. The zero-order valence-corrected chi connectivity index (χ0v) is 17.9. The molecule has 0 spiro atoms. The van der Waals surface area contributed by atoms with Gasteiger partial charge in [-0.25, -0.2) is 8.42 Å². The third kappa shape index (κ3) is 5.05. The molecule has 162 valence electrons. The van der Waals surface area contributed by atoms with Crippen LogP contribution in [0, 0.1) is 0 Å². The lowest BCUT2D eigenvalue weighted by Gasteiger charge is -2.34. The predicted molar refractivity (Wildman–Crippen MR) is 111 cm³/mol. The Labute approximate surface area is 176 Å². The number of hydrogen-bond acceptors (Lipinski definition) is 4. The van der Waals surface area contributed by atoms with Crippen molar-refractivity contribution in [3.05, 3.63) is 65.2 Å². The van der Waals surface area contributed by atoms with Gasteiger partial charge in [0, 0.05) is 38.3 Å². The van der Waals surface area contributed by atoms with Crippen LogP contribution < -0.4 is 0 Å². The van der Waals surface area contributed by atoms with Crippen LogP contribution in [-0.2, 0) is 16.4 Å². The predicted octanol–water partition coefficient (Wildman–Crippen LogP) is 3.76. The van der Waals surface area contributed by atoms with Crippen molar-refractivity contribution < 1.29 is 22.0 Å². The van der Waals surface area contributed by atoms with Gasteiger partial charge in [0.2, 0.25) is 9.84 Å². The smallest absolute Gasteiger partial charge is 0.336 e. The molecule has 0 unspecified atom stereocenters. The van der Waals surface area contributed by atoms with Crippen molar-refractivity contribution in [2.24, 2.45) is 0 Å². The van der Waals surface area contributed by atoms with Crippen LogP contribution in [0.25, 0.3) is 0 Å². The number of carbonyl (C=O) groups is 1. The van der Waals surface area contributed by atoms with Gasteiger partial charge >= 0.3 is 5.76 Å². The lowest BCUT2D eigenvalue weighted by molar-refractivity contribution is 0.0628. The Morgan fingerprint density at radius 3 is 2.00 bits per heavy atom. The van der Waals surface area contributed by atoms with Gasteiger partial charge in [-0.3, -0.25) is 9.69 Å². The monoisotopic (exact) mass is 436 g/mol. The number of carbonyl (C=O) groups excluding carboxylic acids is 1. The van der Waals surface area contributed by atoms with Crippen molar-refractivity contribution >= 4 is 15.7 Å². The van der Waals surface area contributed by atoms with Crippen LogP contribution in [0.2, 0.25) is 0 Å². The highest BCUT2D eigenvalue weighted by Gasteiger charge is 2.27. The van der Waals surface area contributed by atoms with Gasteiger partial charge in [0.05, 0.1) is 4.90 Å². The second kappa shape index (κ2) is 9.22. The van der Waals surface area contributed by atoms with E-state index in [1.807, 2.05) is 0 Å². The number of amides is 1. The van der Waals surface area contributed by atoms with E-state index in [0.29, 0.717) is 24.6 Å². The number of alkyl halides is 2. The SMILES string of the molecule is CC(C)c1ccc(CN2CCN(C(=O)c3ccc(S(=O)(=O)C(F)F)cc3)CC2)cc1. The molecule has 0 saturated carbocycles. The summed E-state index contributed by atoms with van der Waals surface area (Å²) in [4.78, 5) is 16.2. The highest BCUT2D eigenvalue weighted by Crippen LogP contribution is 2.20. The molecule has 30 heavy (non-hydrogen) atoms. The van der Waals surface area contributed by atoms with E-state index in [1.54, 1.807) is 4.90 Å². The van der Waals surface area contributed by atoms with Crippen LogP contribution in [0.15, 0.2) is 53.4 Å². The molecule has 1 saturated heterocycles. The summed E-state index contributed by atoms with van der Waals surface area (Å²) in [6, 6.07) is 13.3. The first-order chi connectivity index (χ1) is 14.2. The fraction of sp³-hybridized carbons (Fsp3) is 0.409. The van der Waals surface area contributed by atoms with Crippen LogP contribution in [-0.4, -0.2) is 56.1 Å². The first kappa shape index (κ1) is 22.4. The summed E-state index contributed by atoms with van der Waals surface area (Å²) >= 11 is 0. The Balaban J connectivity index is 1.56. The van der Waals surface area contributed by atoms with Crippen molar-refractivity contribution in [1.82, 2.24) is 9.80 Å². The van der Waals surface area contributed by atoms with E-state index in [0.717, 1.165) is 31.8 Å². The van der Waals surface area contributed by atoms with Crippen LogP contribution in [0.4, 0.5) is 8.78 Å². The summed E-state index contributed by atoms with van der Waals surface area (Å²) in [5, 5.41) is 0. The normalized spacial score (nSPS) is 15.7. The van der Waals surface area contributed by atoms with E-state index in [9.17, 15) is 22.0 Å². The first-order valence-corrected chi connectivity index (χ1v) is 11.5. The molecule has 0 bridgehead atoms. The molecule has 0 aromatic heterocycles. The van der Waals surface area contributed by atoms with E-state index in [4.69, 9.17) is 0 Å². The summed E-state index contributed by atoms with van der Waals surface area (Å²) in [7, 11) is -4.65. The van der Waals surface area contributed by atoms with Gasteiger partial charge in [-0.2, -0.15) is 8.78 Å². The molecular formula is C22H26F2N2O3S. The van der Waals surface area contributed by atoms with Gasteiger partial charge in [0.25, 0.3) is 5.91 Å². The molecule has 1 aliphatic heterocycles. The number of sulfone groups is 1. The third-order valence-electron chi connectivity index (χ3n) is 5.38. The lowest BCUT2D eigenvalue weighted by atomic mass is 10.0. The minimum Gasteiger partial charge on any atom is -0.336 e. The van der Waals surface area contributed by atoms with Gasteiger partial charge in [0.15, 0.2) is 0 Å². The molecule has 0 N–H and O–H groups in total. The van der Waals surface area contributed by atoms with E-state index in [1.165, 1.54) is 23.3 Å². The second-order valence-corrected chi connectivity index (χ2v) is 9.71. The first-order valence-electron chi connectivity index (χ1n) is 9.91. The molecule has 2 aromatic carbocycles. The summed E-state index contributed by atoms with van der Waals surface area (Å²) in [5.74, 6) is -3.20. The van der Waals surface area contributed by atoms with Crippen molar-refractivity contribution in [2.75, 3.05) is 26.2 Å². The number of hydrogen-bond donors (Lipinski definition) is 0. The number of piperazine rings is 1. The van der Waals surface area contributed by atoms with Crippen molar-refractivity contribution in [1.29, 1.82) is 0 Å². The molecule has 1 amide bonds. The molecule has 3 rings (SSSR count). The minimum atomic E-state index is -4.65. The number of benzene rings is 2. The van der Waals surface area contributed by atoms with Gasteiger partial charge in [-0.1, -0.05) is 38.1 Å². The highest BCUT2D eigenvalue weighted by molar-refractivity contribution is 7.91. The Kier molecular flexibility index (Phi) is 6.88. The van der Waals surface area contributed by atoms with Crippen molar-refractivity contribution in [3.63, 3.8) is 0 Å². The molecule has 5 nitrogen and oxygen atoms in total. The number of rotatable bonds is 6. The van der Waals surface area contributed by atoms with Gasteiger partial charge in [0.1, 0.15) is 0 Å². The number of halogens is 2. The molecule has 0 aliphatic carbocycles. The average molecular weight is 437 g/mol. The maximum Gasteiger partial charge on any atom is 0.341 e. The van der Waals surface area contributed by atoms with Crippen LogP contribution in [0.1, 0.15) is 41.3 Å². The van der Waals surface area contributed by atoms with Crippen LogP contribution in [0.3, 0.4) is 0 Å². The molecule has 1 fully saturated rings. The second-order valence-electron chi connectivity index (χ2n) is 7.79. The Bertz CT molecular complexity index is 966. The third-order valence-corrected chi connectivity index (χ3v) is 6.77.